The van der Waals surface area contributed by atoms with Crippen LogP contribution < -0.4 is 5.56 Å². The predicted molar refractivity (Wildman–Crippen MR) is 126 cm³/mol. The summed E-state index contributed by atoms with van der Waals surface area (Å²) >= 11 is 4.87. The van der Waals surface area contributed by atoms with Crippen LogP contribution in [-0.4, -0.2) is 14.5 Å². The first-order chi connectivity index (χ1) is 14.8. The van der Waals surface area contributed by atoms with Gasteiger partial charge in [0.25, 0.3) is 5.56 Å². The van der Waals surface area contributed by atoms with Crippen LogP contribution in [0.15, 0.2) is 69.9 Å². The fourth-order valence-corrected chi connectivity index (χ4v) is 6.73. The first-order valence-corrected chi connectivity index (χ1v) is 12.5. The molecule has 0 N–H and O–H groups in total. The molecule has 4 nitrogen and oxygen atoms in total. The highest BCUT2D eigenvalue weighted by Gasteiger charge is 2.29. The van der Waals surface area contributed by atoms with Crippen LogP contribution in [0.2, 0.25) is 0 Å². The molecule has 3 heterocycles. The Hall–Kier alpha value is -2.48. The molecule has 1 fully saturated rings. The monoisotopic (exact) mass is 447 g/mol. The van der Waals surface area contributed by atoms with E-state index in [9.17, 15) is 4.79 Å². The summed E-state index contributed by atoms with van der Waals surface area (Å²) in [7, 11) is 0. The van der Waals surface area contributed by atoms with Gasteiger partial charge in [0.2, 0.25) is 0 Å². The van der Waals surface area contributed by atoms with Crippen LogP contribution in [0.25, 0.3) is 26.1 Å². The number of hydrogen-bond donors (Lipinski definition) is 0. The van der Waals surface area contributed by atoms with Crippen molar-refractivity contribution >= 4 is 54.9 Å². The molecule has 6 rings (SSSR count). The fraction of sp³-hybridized carbons (Fsp3) is 0.174. The van der Waals surface area contributed by atoms with Crippen molar-refractivity contribution in [1.29, 1.82) is 0 Å². The number of thioether (sulfide) groups is 1. The number of aromatic nitrogens is 3. The third-order valence-electron chi connectivity index (χ3n) is 5.30. The van der Waals surface area contributed by atoms with Crippen LogP contribution in [0.4, 0.5) is 0 Å². The molecule has 148 valence electrons. The first kappa shape index (κ1) is 18.3. The normalized spacial score (nSPS) is 14.0. The highest BCUT2D eigenvalue weighted by molar-refractivity contribution is 7.98. The van der Waals surface area contributed by atoms with Gasteiger partial charge in [0.15, 0.2) is 5.16 Å². The third kappa shape index (κ3) is 3.17. The summed E-state index contributed by atoms with van der Waals surface area (Å²) in [6, 6.07) is 18.0. The Morgan fingerprint density at radius 1 is 1.03 bits per heavy atom. The SMILES string of the molecule is O=c1c2c(C3CC3)csc2nc(SCc2nc3ccccc3s2)n1-c1ccccc1. The molecular formula is C23H17N3OS3. The maximum atomic E-state index is 13.6. The van der Waals surface area contributed by atoms with Crippen LogP contribution in [0.5, 0.6) is 0 Å². The molecule has 0 amide bonds. The number of thiazole rings is 1. The van der Waals surface area contributed by atoms with Gasteiger partial charge in [0.1, 0.15) is 9.84 Å². The Labute approximate surface area is 185 Å². The highest BCUT2D eigenvalue weighted by atomic mass is 32.2. The minimum absolute atomic E-state index is 0.0427. The second-order valence-electron chi connectivity index (χ2n) is 7.38. The molecule has 0 bridgehead atoms. The second kappa shape index (κ2) is 7.34. The lowest BCUT2D eigenvalue weighted by Crippen LogP contribution is -2.21. The predicted octanol–water partition coefficient (Wildman–Crippen LogP) is 6.23. The first-order valence-electron chi connectivity index (χ1n) is 9.85. The van der Waals surface area contributed by atoms with Gasteiger partial charge in [-0.15, -0.1) is 22.7 Å². The van der Waals surface area contributed by atoms with Crippen LogP contribution >= 0.6 is 34.4 Å². The van der Waals surface area contributed by atoms with Gasteiger partial charge in [-0.3, -0.25) is 9.36 Å². The number of fused-ring (bicyclic) bond motifs is 2. The van der Waals surface area contributed by atoms with Crippen LogP contribution in [-0.2, 0) is 5.75 Å². The molecule has 0 aliphatic heterocycles. The van der Waals surface area contributed by atoms with E-state index in [1.807, 2.05) is 48.5 Å². The van der Waals surface area contributed by atoms with Crippen molar-refractivity contribution in [1.82, 2.24) is 14.5 Å². The minimum atomic E-state index is 0.0427. The van der Waals surface area contributed by atoms with Crippen LogP contribution in [0, 0.1) is 0 Å². The summed E-state index contributed by atoms with van der Waals surface area (Å²) in [4.78, 5) is 24.1. The lowest BCUT2D eigenvalue weighted by Gasteiger charge is -2.12. The number of para-hydroxylation sites is 2. The van der Waals surface area contributed by atoms with Crippen molar-refractivity contribution < 1.29 is 0 Å². The number of nitrogens with zero attached hydrogens (tertiary/aromatic N) is 3. The van der Waals surface area contributed by atoms with Gasteiger partial charge in [0.05, 0.1) is 27.0 Å². The average Bonchev–Trinajstić information content (AvgIpc) is 3.39. The Balaban J connectivity index is 1.46. The molecule has 0 atom stereocenters. The summed E-state index contributed by atoms with van der Waals surface area (Å²) in [5, 5.41) is 4.70. The van der Waals surface area contributed by atoms with Crippen LogP contribution in [0.1, 0.15) is 29.3 Å². The van der Waals surface area contributed by atoms with Crippen molar-refractivity contribution in [2.24, 2.45) is 0 Å². The summed E-state index contributed by atoms with van der Waals surface area (Å²) in [6.45, 7) is 0. The van der Waals surface area contributed by atoms with Crippen molar-refractivity contribution in [2.75, 3.05) is 0 Å². The summed E-state index contributed by atoms with van der Waals surface area (Å²) in [6.07, 6.45) is 2.34. The van der Waals surface area contributed by atoms with E-state index in [-0.39, 0.29) is 5.56 Å². The van der Waals surface area contributed by atoms with Gasteiger partial charge < -0.3 is 0 Å². The number of benzene rings is 2. The van der Waals surface area contributed by atoms with E-state index in [4.69, 9.17) is 9.97 Å². The number of thiophene rings is 1. The lowest BCUT2D eigenvalue weighted by molar-refractivity contribution is 0.821. The molecule has 1 aliphatic carbocycles. The largest absolute Gasteiger partial charge is 0.268 e. The van der Waals surface area contributed by atoms with Crippen molar-refractivity contribution in [2.45, 2.75) is 29.7 Å². The molecule has 2 aromatic carbocycles. The van der Waals surface area contributed by atoms with E-state index in [1.54, 1.807) is 39.0 Å². The van der Waals surface area contributed by atoms with E-state index in [2.05, 4.69) is 11.4 Å². The number of rotatable bonds is 5. The summed E-state index contributed by atoms with van der Waals surface area (Å²) < 4.78 is 2.96. The van der Waals surface area contributed by atoms with Gasteiger partial charge in [-0.05, 0) is 54.0 Å². The molecule has 1 aliphatic rings. The average molecular weight is 448 g/mol. The van der Waals surface area contributed by atoms with E-state index in [0.717, 1.165) is 31.6 Å². The molecule has 5 aromatic rings. The molecular weight excluding hydrogens is 430 g/mol. The van der Waals surface area contributed by atoms with Crippen LogP contribution in [0.3, 0.4) is 0 Å². The zero-order valence-corrected chi connectivity index (χ0v) is 18.4. The molecule has 0 unspecified atom stereocenters. The zero-order chi connectivity index (χ0) is 20.1. The van der Waals surface area contributed by atoms with E-state index < -0.39 is 0 Å². The fourth-order valence-electron chi connectivity index (χ4n) is 3.70. The summed E-state index contributed by atoms with van der Waals surface area (Å²) in [5.74, 6) is 1.21. The van der Waals surface area contributed by atoms with Crippen molar-refractivity contribution in [3.63, 3.8) is 0 Å². The lowest BCUT2D eigenvalue weighted by atomic mass is 10.1. The smallest absolute Gasteiger partial charge is 0.267 e. The van der Waals surface area contributed by atoms with Gasteiger partial charge in [-0.25, -0.2) is 9.97 Å². The topological polar surface area (TPSA) is 47.8 Å². The molecule has 30 heavy (non-hydrogen) atoms. The maximum Gasteiger partial charge on any atom is 0.267 e. The van der Waals surface area contributed by atoms with Gasteiger partial charge in [-0.2, -0.15) is 0 Å². The van der Waals surface area contributed by atoms with E-state index in [0.29, 0.717) is 11.7 Å². The third-order valence-corrected chi connectivity index (χ3v) is 8.36. The second-order valence-corrected chi connectivity index (χ2v) is 10.3. The minimum Gasteiger partial charge on any atom is -0.268 e. The van der Waals surface area contributed by atoms with Gasteiger partial charge >= 0.3 is 0 Å². The Morgan fingerprint density at radius 3 is 2.63 bits per heavy atom. The molecule has 3 aromatic heterocycles. The molecule has 0 spiro atoms. The maximum absolute atomic E-state index is 13.6. The Morgan fingerprint density at radius 2 is 1.83 bits per heavy atom. The van der Waals surface area contributed by atoms with Gasteiger partial charge in [0, 0.05) is 0 Å². The van der Waals surface area contributed by atoms with Crippen molar-refractivity contribution in [3.05, 3.63) is 80.9 Å². The van der Waals surface area contributed by atoms with Crippen molar-refractivity contribution in [3.8, 4) is 5.69 Å². The molecule has 1 saturated carbocycles. The van der Waals surface area contributed by atoms with Gasteiger partial charge in [-0.1, -0.05) is 42.1 Å². The van der Waals surface area contributed by atoms with E-state index >= 15 is 0 Å². The molecule has 0 saturated heterocycles. The zero-order valence-electron chi connectivity index (χ0n) is 15.9. The summed E-state index contributed by atoms with van der Waals surface area (Å²) in [5.41, 5.74) is 3.10. The Kier molecular flexibility index (Phi) is 4.48. The molecule has 0 radical (unpaired) electrons. The standard InChI is InChI=1S/C23H17N3OS3/c27-22-20-16(14-10-11-14)12-28-21(20)25-23(26(22)15-6-2-1-3-7-15)29-13-19-24-17-8-4-5-9-18(17)30-19/h1-9,12,14H,10-11,13H2. The van der Waals surface area contributed by atoms with E-state index in [1.165, 1.54) is 23.1 Å². The number of hydrogen-bond acceptors (Lipinski definition) is 6. The highest BCUT2D eigenvalue weighted by Crippen LogP contribution is 2.44. The quantitative estimate of drug-likeness (QED) is 0.237. The molecule has 7 heteroatoms. The Bertz CT molecular complexity index is 1400.